The molecule has 0 atom stereocenters. The lowest BCUT2D eigenvalue weighted by molar-refractivity contribution is -0.137. The summed E-state index contributed by atoms with van der Waals surface area (Å²) in [5.74, 6) is 0.442. The molecule has 1 aliphatic rings. The third kappa shape index (κ3) is 1.73. The Morgan fingerprint density at radius 1 is 1.47 bits per heavy atom. The molecule has 0 spiro atoms. The van der Waals surface area contributed by atoms with Crippen LogP contribution in [-0.2, 0) is 11.3 Å². The second kappa shape index (κ2) is 3.48. The first-order chi connectivity index (χ1) is 8.15. The lowest BCUT2D eigenvalue weighted by atomic mass is 10.3. The SMILES string of the molecule is O=C(O)Cn1c(C2CC2)nc2ccc(O)cc21. The van der Waals surface area contributed by atoms with Crippen LogP contribution >= 0.6 is 0 Å². The molecule has 0 aliphatic heterocycles. The van der Waals surface area contributed by atoms with E-state index in [0.29, 0.717) is 11.4 Å². The summed E-state index contributed by atoms with van der Waals surface area (Å²) in [5.41, 5.74) is 1.43. The first-order valence-electron chi connectivity index (χ1n) is 5.56. The number of aromatic hydroxyl groups is 1. The molecule has 88 valence electrons. The number of hydrogen-bond donors (Lipinski definition) is 2. The molecule has 5 heteroatoms. The van der Waals surface area contributed by atoms with E-state index in [1.807, 2.05) is 0 Å². The van der Waals surface area contributed by atoms with Gasteiger partial charge in [0.2, 0.25) is 0 Å². The van der Waals surface area contributed by atoms with Gasteiger partial charge in [-0.1, -0.05) is 0 Å². The Labute approximate surface area is 97.3 Å². The van der Waals surface area contributed by atoms with Crippen molar-refractivity contribution in [3.63, 3.8) is 0 Å². The van der Waals surface area contributed by atoms with Crippen molar-refractivity contribution in [3.05, 3.63) is 24.0 Å². The lowest BCUT2D eigenvalue weighted by Crippen LogP contribution is -2.11. The van der Waals surface area contributed by atoms with Gasteiger partial charge in [-0.15, -0.1) is 0 Å². The minimum atomic E-state index is -0.894. The fourth-order valence-corrected chi connectivity index (χ4v) is 2.08. The second-order valence-electron chi connectivity index (χ2n) is 4.40. The molecule has 1 heterocycles. The number of rotatable bonds is 3. The Hall–Kier alpha value is -2.04. The van der Waals surface area contributed by atoms with Crippen LogP contribution in [-0.4, -0.2) is 25.7 Å². The molecule has 1 aromatic heterocycles. The van der Waals surface area contributed by atoms with Gasteiger partial charge >= 0.3 is 5.97 Å². The molecule has 1 aliphatic carbocycles. The highest BCUT2D eigenvalue weighted by atomic mass is 16.4. The molecular formula is C12H12N2O3. The van der Waals surface area contributed by atoms with E-state index in [-0.39, 0.29) is 12.3 Å². The smallest absolute Gasteiger partial charge is 0.323 e. The number of hydrogen-bond acceptors (Lipinski definition) is 3. The Morgan fingerprint density at radius 3 is 2.88 bits per heavy atom. The van der Waals surface area contributed by atoms with Crippen LogP contribution in [0.3, 0.4) is 0 Å². The monoisotopic (exact) mass is 232 g/mol. The van der Waals surface area contributed by atoms with Gasteiger partial charge in [-0.25, -0.2) is 4.98 Å². The van der Waals surface area contributed by atoms with E-state index in [9.17, 15) is 9.90 Å². The maximum atomic E-state index is 10.9. The van der Waals surface area contributed by atoms with Crippen LogP contribution in [0.5, 0.6) is 5.75 Å². The lowest BCUT2D eigenvalue weighted by Gasteiger charge is -2.04. The summed E-state index contributed by atoms with van der Waals surface area (Å²) in [4.78, 5) is 15.3. The molecule has 0 amide bonds. The Bertz CT molecular complexity index is 599. The van der Waals surface area contributed by atoms with Crippen LogP contribution < -0.4 is 0 Å². The number of phenolic OH excluding ortho intramolecular Hbond substituents is 1. The van der Waals surface area contributed by atoms with Gasteiger partial charge in [-0.05, 0) is 25.0 Å². The highest BCUT2D eigenvalue weighted by molar-refractivity contribution is 5.80. The highest BCUT2D eigenvalue weighted by Gasteiger charge is 2.30. The van der Waals surface area contributed by atoms with Gasteiger partial charge in [-0.2, -0.15) is 0 Å². The molecule has 3 rings (SSSR count). The van der Waals surface area contributed by atoms with Crippen LogP contribution in [0.4, 0.5) is 0 Å². The van der Waals surface area contributed by atoms with Gasteiger partial charge in [-0.3, -0.25) is 4.79 Å². The van der Waals surface area contributed by atoms with Crippen molar-refractivity contribution in [1.82, 2.24) is 9.55 Å². The Kier molecular flexibility index (Phi) is 2.07. The average Bonchev–Trinajstić information content (AvgIpc) is 3.04. The van der Waals surface area contributed by atoms with Crippen molar-refractivity contribution in [3.8, 4) is 5.75 Å². The summed E-state index contributed by atoms with van der Waals surface area (Å²) in [6.45, 7) is -0.105. The molecule has 17 heavy (non-hydrogen) atoms. The van der Waals surface area contributed by atoms with Crippen LogP contribution in [0.2, 0.25) is 0 Å². The van der Waals surface area contributed by atoms with Gasteiger partial charge < -0.3 is 14.8 Å². The fourth-order valence-electron chi connectivity index (χ4n) is 2.08. The predicted octanol–water partition coefficient (Wildman–Crippen LogP) is 1.70. The van der Waals surface area contributed by atoms with Gasteiger partial charge in [0.15, 0.2) is 0 Å². The standard InChI is InChI=1S/C12H12N2O3/c15-8-3-4-9-10(5-8)14(6-11(16)17)12(13-9)7-1-2-7/h3-5,7,15H,1-2,6H2,(H,16,17). The van der Waals surface area contributed by atoms with Crippen molar-refractivity contribution >= 4 is 17.0 Å². The summed E-state index contributed by atoms with van der Waals surface area (Å²) in [6.07, 6.45) is 2.13. The van der Waals surface area contributed by atoms with Crippen molar-refractivity contribution in [2.75, 3.05) is 0 Å². The van der Waals surface area contributed by atoms with Crippen molar-refractivity contribution in [2.45, 2.75) is 25.3 Å². The number of carboxylic acid groups (broad SMARTS) is 1. The van der Waals surface area contributed by atoms with Crippen molar-refractivity contribution < 1.29 is 15.0 Å². The number of nitrogens with zero attached hydrogens (tertiary/aromatic N) is 2. The van der Waals surface area contributed by atoms with Crippen LogP contribution in [0, 0.1) is 0 Å². The van der Waals surface area contributed by atoms with E-state index in [1.165, 1.54) is 0 Å². The molecule has 2 aromatic rings. The first-order valence-corrected chi connectivity index (χ1v) is 5.56. The van der Waals surface area contributed by atoms with E-state index < -0.39 is 5.97 Å². The summed E-state index contributed by atoms with van der Waals surface area (Å²) in [6, 6.07) is 4.85. The third-order valence-electron chi connectivity index (χ3n) is 3.00. The summed E-state index contributed by atoms with van der Waals surface area (Å²) in [7, 11) is 0. The predicted molar refractivity (Wildman–Crippen MR) is 61.0 cm³/mol. The van der Waals surface area contributed by atoms with E-state index in [0.717, 1.165) is 24.2 Å². The molecule has 1 saturated carbocycles. The molecule has 0 saturated heterocycles. The molecule has 0 bridgehead atoms. The number of benzene rings is 1. The largest absolute Gasteiger partial charge is 0.508 e. The number of imidazole rings is 1. The average molecular weight is 232 g/mol. The maximum absolute atomic E-state index is 10.9. The zero-order chi connectivity index (χ0) is 12.0. The van der Waals surface area contributed by atoms with E-state index >= 15 is 0 Å². The summed E-state index contributed by atoms with van der Waals surface area (Å²) < 4.78 is 1.69. The third-order valence-corrected chi connectivity index (χ3v) is 3.00. The Balaban J connectivity index is 2.20. The Morgan fingerprint density at radius 2 is 2.24 bits per heavy atom. The number of carboxylic acids is 1. The van der Waals surface area contributed by atoms with Crippen LogP contribution in [0.25, 0.3) is 11.0 Å². The van der Waals surface area contributed by atoms with Crippen LogP contribution in [0.15, 0.2) is 18.2 Å². The van der Waals surface area contributed by atoms with E-state index in [2.05, 4.69) is 4.98 Å². The maximum Gasteiger partial charge on any atom is 0.323 e. The minimum Gasteiger partial charge on any atom is -0.508 e. The number of carbonyl (C=O) groups is 1. The quantitative estimate of drug-likeness (QED) is 0.844. The van der Waals surface area contributed by atoms with Gasteiger partial charge in [0.25, 0.3) is 0 Å². The van der Waals surface area contributed by atoms with Gasteiger partial charge in [0.05, 0.1) is 11.0 Å². The van der Waals surface area contributed by atoms with Gasteiger partial charge in [0.1, 0.15) is 18.1 Å². The fraction of sp³-hybridized carbons (Fsp3) is 0.333. The van der Waals surface area contributed by atoms with Crippen molar-refractivity contribution in [1.29, 1.82) is 0 Å². The number of aromatic nitrogens is 2. The van der Waals surface area contributed by atoms with Gasteiger partial charge in [0, 0.05) is 12.0 Å². The van der Waals surface area contributed by atoms with Crippen molar-refractivity contribution in [2.24, 2.45) is 0 Å². The molecule has 1 fully saturated rings. The van der Waals surface area contributed by atoms with E-state index in [4.69, 9.17) is 5.11 Å². The topological polar surface area (TPSA) is 75.3 Å². The summed E-state index contributed by atoms with van der Waals surface area (Å²) >= 11 is 0. The molecular weight excluding hydrogens is 220 g/mol. The zero-order valence-electron chi connectivity index (χ0n) is 9.13. The van der Waals surface area contributed by atoms with E-state index in [1.54, 1.807) is 22.8 Å². The molecule has 5 nitrogen and oxygen atoms in total. The number of phenols is 1. The second-order valence-corrected chi connectivity index (χ2v) is 4.40. The van der Waals surface area contributed by atoms with Crippen LogP contribution in [0.1, 0.15) is 24.6 Å². The molecule has 1 aromatic carbocycles. The number of fused-ring (bicyclic) bond motifs is 1. The zero-order valence-corrected chi connectivity index (χ0v) is 9.13. The normalized spacial score (nSPS) is 15.3. The summed E-state index contributed by atoms with van der Waals surface area (Å²) in [5, 5.41) is 18.4. The molecule has 0 radical (unpaired) electrons. The number of aliphatic carboxylic acids is 1. The molecule has 2 N–H and O–H groups in total. The molecule has 0 unspecified atom stereocenters. The minimum absolute atomic E-state index is 0.105. The first kappa shape index (κ1) is 10.1. The highest BCUT2D eigenvalue weighted by Crippen LogP contribution is 2.40.